The second-order valence-electron chi connectivity index (χ2n) is 3.99. The highest BCUT2D eigenvalue weighted by atomic mass is 79.9. The largest absolute Gasteiger partial charge is 0.506 e. The molecule has 2 amide bonds. The van der Waals surface area contributed by atoms with Crippen LogP contribution < -0.4 is 0 Å². The fraction of sp³-hybridized carbons (Fsp3) is 0.0833. The maximum Gasteiger partial charge on any atom is 0.323 e. The summed E-state index contributed by atoms with van der Waals surface area (Å²) in [6.07, 6.45) is 1.46. The van der Waals surface area contributed by atoms with Crippen LogP contribution in [0.25, 0.3) is 6.08 Å². The number of hydrogen-bond acceptors (Lipinski definition) is 5. The monoisotopic (exact) mass is 435 g/mol. The van der Waals surface area contributed by atoms with Crippen LogP contribution in [0.4, 0.5) is 4.79 Å². The lowest BCUT2D eigenvalue weighted by molar-refractivity contribution is -0.140. The van der Waals surface area contributed by atoms with Gasteiger partial charge in [0, 0.05) is 0 Å². The number of rotatable bonds is 3. The number of amides is 2. The summed E-state index contributed by atoms with van der Waals surface area (Å²) in [4.78, 5) is 35.0. The van der Waals surface area contributed by atoms with Crippen LogP contribution >= 0.6 is 43.6 Å². The van der Waals surface area contributed by atoms with Gasteiger partial charge < -0.3 is 10.2 Å². The van der Waals surface area contributed by atoms with Gasteiger partial charge in [0.25, 0.3) is 11.1 Å². The minimum Gasteiger partial charge on any atom is -0.506 e. The molecule has 0 aromatic heterocycles. The van der Waals surface area contributed by atoms with Gasteiger partial charge in [0.15, 0.2) is 0 Å². The molecular weight excluding hydrogens is 430 g/mol. The number of imide groups is 1. The zero-order chi connectivity index (χ0) is 15.7. The third-order valence-corrected chi connectivity index (χ3v) is 4.62. The third kappa shape index (κ3) is 3.47. The predicted octanol–water partition coefficient (Wildman–Crippen LogP) is 3.04. The van der Waals surface area contributed by atoms with Crippen LogP contribution in [0.1, 0.15) is 5.56 Å². The molecule has 2 N–H and O–H groups in total. The lowest BCUT2D eigenvalue weighted by Crippen LogP contribution is -2.33. The van der Waals surface area contributed by atoms with E-state index in [0.717, 1.165) is 0 Å². The maximum atomic E-state index is 12.0. The van der Waals surface area contributed by atoms with E-state index in [9.17, 15) is 19.5 Å². The molecule has 1 aromatic carbocycles. The fourth-order valence-electron chi connectivity index (χ4n) is 1.59. The van der Waals surface area contributed by atoms with Crippen molar-refractivity contribution in [3.05, 3.63) is 31.5 Å². The predicted molar refractivity (Wildman–Crippen MR) is 83.8 cm³/mol. The Balaban J connectivity index is 2.33. The molecule has 6 nitrogen and oxygen atoms in total. The molecule has 1 heterocycles. The van der Waals surface area contributed by atoms with Crippen molar-refractivity contribution in [1.82, 2.24) is 4.90 Å². The number of carboxylic acid groups (broad SMARTS) is 1. The lowest BCUT2D eigenvalue weighted by atomic mass is 10.2. The maximum absolute atomic E-state index is 12.0. The van der Waals surface area contributed by atoms with E-state index in [-0.39, 0.29) is 10.7 Å². The Morgan fingerprint density at radius 2 is 1.86 bits per heavy atom. The highest BCUT2D eigenvalue weighted by Crippen LogP contribution is 2.36. The fourth-order valence-corrected chi connectivity index (χ4v) is 3.65. The van der Waals surface area contributed by atoms with Crippen molar-refractivity contribution in [3.8, 4) is 5.75 Å². The number of nitrogens with zero attached hydrogens (tertiary/aromatic N) is 1. The number of benzene rings is 1. The van der Waals surface area contributed by atoms with Crippen molar-refractivity contribution in [3.63, 3.8) is 0 Å². The Morgan fingerprint density at radius 3 is 2.38 bits per heavy atom. The number of carboxylic acids is 1. The second-order valence-corrected chi connectivity index (χ2v) is 6.70. The first-order valence-electron chi connectivity index (χ1n) is 5.44. The highest BCUT2D eigenvalue weighted by Gasteiger charge is 2.36. The first-order valence-corrected chi connectivity index (χ1v) is 7.85. The average Bonchev–Trinajstić information content (AvgIpc) is 2.63. The molecule has 2 rings (SSSR count). The summed E-state index contributed by atoms with van der Waals surface area (Å²) in [5.41, 5.74) is 0.576. The van der Waals surface area contributed by atoms with E-state index in [1.807, 2.05) is 0 Å². The molecule has 0 bridgehead atoms. The normalized spacial score (nSPS) is 16.9. The van der Waals surface area contributed by atoms with E-state index in [0.29, 0.717) is 31.2 Å². The van der Waals surface area contributed by atoms with Crippen molar-refractivity contribution in [1.29, 1.82) is 0 Å². The van der Waals surface area contributed by atoms with Crippen molar-refractivity contribution < 1.29 is 24.6 Å². The molecule has 0 unspecified atom stereocenters. The van der Waals surface area contributed by atoms with Gasteiger partial charge in [-0.2, -0.15) is 0 Å². The van der Waals surface area contributed by atoms with Gasteiger partial charge >= 0.3 is 5.97 Å². The van der Waals surface area contributed by atoms with E-state index < -0.39 is 23.7 Å². The van der Waals surface area contributed by atoms with Gasteiger partial charge in [-0.15, -0.1) is 0 Å². The Kier molecular flexibility index (Phi) is 4.74. The van der Waals surface area contributed by atoms with Crippen molar-refractivity contribution >= 4 is 66.8 Å². The summed E-state index contributed by atoms with van der Waals surface area (Å²) in [5.74, 6) is -1.88. The quantitative estimate of drug-likeness (QED) is 0.707. The summed E-state index contributed by atoms with van der Waals surface area (Å²) >= 11 is 7.00. The van der Waals surface area contributed by atoms with Gasteiger partial charge in [0.05, 0.1) is 13.9 Å². The van der Waals surface area contributed by atoms with Crippen molar-refractivity contribution in [2.45, 2.75) is 0 Å². The van der Waals surface area contributed by atoms with Crippen molar-refractivity contribution in [2.75, 3.05) is 6.54 Å². The topological polar surface area (TPSA) is 94.9 Å². The van der Waals surface area contributed by atoms with Crippen molar-refractivity contribution in [2.24, 2.45) is 0 Å². The Labute approximate surface area is 140 Å². The number of carbonyl (C=O) groups is 3. The number of halogens is 2. The Morgan fingerprint density at radius 1 is 1.29 bits per heavy atom. The van der Waals surface area contributed by atoms with Crippen LogP contribution in [0.5, 0.6) is 5.75 Å². The van der Waals surface area contributed by atoms with Crippen LogP contribution in [-0.2, 0) is 9.59 Å². The number of phenolic OH excluding ortho intramolecular Hbond substituents is 1. The molecule has 1 fully saturated rings. The molecule has 0 spiro atoms. The van der Waals surface area contributed by atoms with Gasteiger partial charge in [-0.1, -0.05) is 0 Å². The van der Waals surface area contributed by atoms with Gasteiger partial charge in [-0.05, 0) is 67.4 Å². The summed E-state index contributed by atoms with van der Waals surface area (Å²) in [6, 6.07) is 3.15. The summed E-state index contributed by atoms with van der Waals surface area (Å²) < 4.78 is 0.848. The number of hydrogen-bond donors (Lipinski definition) is 2. The highest BCUT2D eigenvalue weighted by molar-refractivity contribution is 9.11. The number of aromatic hydroxyl groups is 1. The molecule has 0 radical (unpaired) electrons. The van der Waals surface area contributed by atoms with Gasteiger partial charge in [-0.25, -0.2) is 0 Å². The van der Waals surface area contributed by atoms with E-state index in [4.69, 9.17) is 5.11 Å². The Hall–Kier alpha value is -1.32. The molecule has 1 saturated heterocycles. The number of aliphatic carboxylic acids is 1. The van der Waals surface area contributed by atoms with Gasteiger partial charge in [0.1, 0.15) is 12.3 Å². The number of thioether (sulfide) groups is 1. The van der Waals surface area contributed by atoms with Crippen LogP contribution in [0.3, 0.4) is 0 Å². The third-order valence-electron chi connectivity index (χ3n) is 2.50. The minimum atomic E-state index is -1.26. The molecule has 1 aliphatic rings. The SMILES string of the molecule is O=C(O)CN1C(=O)S/C(=C/c2cc(Br)c(O)c(Br)c2)C1=O. The molecule has 110 valence electrons. The molecule has 0 aliphatic carbocycles. The molecule has 21 heavy (non-hydrogen) atoms. The molecular formula is C12H7Br2NO5S. The standard InChI is InChI=1S/C12H7Br2NO5S/c13-6-1-5(2-7(14)10(6)18)3-8-11(19)15(4-9(16)17)12(20)21-8/h1-3,18H,4H2,(H,16,17)/b8-3+. The first kappa shape index (κ1) is 16.1. The summed E-state index contributed by atoms with van der Waals surface area (Å²) in [6.45, 7) is -0.662. The van der Waals surface area contributed by atoms with E-state index in [2.05, 4.69) is 31.9 Å². The zero-order valence-corrected chi connectivity index (χ0v) is 14.2. The van der Waals surface area contributed by atoms with Gasteiger partial charge in [0.2, 0.25) is 0 Å². The average molecular weight is 437 g/mol. The van der Waals surface area contributed by atoms with Crippen LogP contribution in [0, 0.1) is 0 Å². The molecule has 0 saturated carbocycles. The summed E-state index contributed by atoms with van der Waals surface area (Å²) in [7, 11) is 0. The van der Waals surface area contributed by atoms with E-state index >= 15 is 0 Å². The zero-order valence-electron chi connectivity index (χ0n) is 10.2. The van der Waals surface area contributed by atoms with E-state index in [1.165, 1.54) is 6.08 Å². The summed E-state index contributed by atoms with van der Waals surface area (Å²) in [5, 5.41) is 17.7. The first-order chi connectivity index (χ1) is 9.79. The van der Waals surface area contributed by atoms with Gasteiger partial charge in [-0.3, -0.25) is 19.3 Å². The minimum absolute atomic E-state index is 0.0196. The van der Waals surface area contributed by atoms with Crippen LogP contribution in [0.15, 0.2) is 26.0 Å². The smallest absolute Gasteiger partial charge is 0.323 e. The van der Waals surface area contributed by atoms with Crippen LogP contribution in [0.2, 0.25) is 0 Å². The number of phenols is 1. The second kappa shape index (κ2) is 6.20. The van der Waals surface area contributed by atoms with Crippen LogP contribution in [-0.4, -0.2) is 38.8 Å². The molecule has 0 atom stereocenters. The number of carbonyl (C=O) groups excluding carboxylic acids is 2. The molecule has 1 aromatic rings. The van der Waals surface area contributed by atoms with E-state index in [1.54, 1.807) is 12.1 Å². The Bertz CT molecular complexity index is 665. The molecule has 1 aliphatic heterocycles. The lowest BCUT2D eigenvalue weighted by Gasteiger charge is -2.07. The molecule has 9 heteroatoms.